The van der Waals surface area contributed by atoms with Crippen LogP contribution in [0.25, 0.3) is 0 Å². The van der Waals surface area contributed by atoms with Crippen LogP contribution in [0.2, 0.25) is 0 Å². The fourth-order valence-electron chi connectivity index (χ4n) is 3.10. The molecule has 0 radical (unpaired) electrons. The lowest BCUT2D eigenvalue weighted by Gasteiger charge is -2.54. The Morgan fingerprint density at radius 2 is 2.00 bits per heavy atom. The van der Waals surface area contributed by atoms with Crippen molar-refractivity contribution in [2.45, 2.75) is 22.1 Å². The van der Waals surface area contributed by atoms with Crippen molar-refractivity contribution in [3.8, 4) is 5.75 Å². The molecule has 2 fully saturated rings. The molecule has 3 rings (SSSR count). The number of carbonyl (C=O) groups excluding carboxylic acids is 3. The van der Waals surface area contributed by atoms with E-state index in [9.17, 15) is 19.6 Å². The van der Waals surface area contributed by atoms with E-state index in [0.717, 1.165) is 0 Å². The zero-order valence-corrected chi connectivity index (χ0v) is 18.9. The standard InChI is InChI=1S/C18H19Cl3N2O6S/c1-17(16(26)29-9-18(19,20)21)8-22-14(25)13(15(22)30-10-17)23(27)12(24)7-28-11-5-3-2-4-6-11/h2-6,13,15,27H,7-10H2,1H3/t13?,15-,17?/m1/s1. The summed E-state index contributed by atoms with van der Waals surface area (Å²) in [4.78, 5) is 38.6. The molecule has 30 heavy (non-hydrogen) atoms. The van der Waals surface area contributed by atoms with E-state index in [-0.39, 0.29) is 6.54 Å². The third-order valence-electron chi connectivity index (χ3n) is 4.69. The molecule has 0 aromatic heterocycles. The average Bonchev–Trinajstić information content (AvgIpc) is 2.71. The number of para-hydroxylation sites is 1. The summed E-state index contributed by atoms with van der Waals surface area (Å²) in [6, 6.07) is 7.60. The Labute approximate surface area is 192 Å². The molecule has 0 aliphatic carbocycles. The third kappa shape index (κ3) is 5.08. The highest BCUT2D eigenvalue weighted by Crippen LogP contribution is 2.44. The molecule has 0 bridgehead atoms. The van der Waals surface area contributed by atoms with Gasteiger partial charge in [0.2, 0.25) is 3.79 Å². The monoisotopic (exact) mass is 496 g/mol. The van der Waals surface area contributed by atoms with Crippen molar-refractivity contribution in [3.63, 3.8) is 0 Å². The highest BCUT2D eigenvalue weighted by molar-refractivity contribution is 8.00. The van der Waals surface area contributed by atoms with E-state index < -0.39 is 51.6 Å². The number of hydrogen-bond donors (Lipinski definition) is 1. The first-order valence-corrected chi connectivity index (χ1v) is 11.0. The van der Waals surface area contributed by atoms with E-state index in [1.54, 1.807) is 37.3 Å². The summed E-state index contributed by atoms with van der Waals surface area (Å²) < 4.78 is 8.65. The van der Waals surface area contributed by atoms with Crippen molar-refractivity contribution < 1.29 is 29.1 Å². The minimum Gasteiger partial charge on any atom is -0.484 e. The maximum atomic E-state index is 12.5. The summed E-state index contributed by atoms with van der Waals surface area (Å²) in [6.45, 7) is 0.897. The van der Waals surface area contributed by atoms with Crippen molar-refractivity contribution in [1.29, 1.82) is 0 Å². The smallest absolute Gasteiger partial charge is 0.314 e. The van der Waals surface area contributed by atoms with Crippen LogP contribution in [0.15, 0.2) is 30.3 Å². The normalized spacial score (nSPS) is 25.8. The number of β-lactam (4-membered cyclic amide) rings is 1. The fourth-order valence-corrected chi connectivity index (χ4v) is 4.78. The number of rotatable bonds is 6. The number of hydroxylamine groups is 2. The van der Waals surface area contributed by atoms with Gasteiger partial charge >= 0.3 is 5.97 Å². The topological polar surface area (TPSA) is 96.4 Å². The van der Waals surface area contributed by atoms with Crippen LogP contribution in [-0.4, -0.2) is 73.7 Å². The van der Waals surface area contributed by atoms with Crippen molar-refractivity contribution >= 4 is 64.3 Å². The van der Waals surface area contributed by atoms with Crippen molar-refractivity contribution in [3.05, 3.63) is 30.3 Å². The van der Waals surface area contributed by atoms with Crippen LogP contribution >= 0.6 is 46.6 Å². The van der Waals surface area contributed by atoms with Gasteiger partial charge in [-0.3, -0.25) is 19.6 Å². The summed E-state index contributed by atoms with van der Waals surface area (Å²) in [7, 11) is 0. The van der Waals surface area contributed by atoms with E-state index in [1.807, 2.05) is 0 Å². The van der Waals surface area contributed by atoms with Crippen molar-refractivity contribution in [2.75, 3.05) is 25.5 Å². The number of hydrogen-bond acceptors (Lipinski definition) is 7. The lowest BCUT2D eigenvalue weighted by molar-refractivity contribution is -0.203. The molecule has 1 N–H and O–H groups in total. The maximum absolute atomic E-state index is 12.5. The molecule has 2 heterocycles. The Bertz CT molecular complexity index is 824. The first-order valence-electron chi connectivity index (χ1n) is 8.87. The van der Waals surface area contributed by atoms with Gasteiger partial charge in [-0.1, -0.05) is 53.0 Å². The Morgan fingerprint density at radius 3 is 2.63 bits per heavy atom. The molecule has 3 atom stereocenters. The maximum Gasteiger partial charge on any atom is 0.314 e. The summed E-state index contributed by atoms with van der Waals surface area (Å²) in [5.74, 6) is -1.03. The highest BCUT2D eigenvalue weighted by atomic mass is 35.6. The molecule has 2 aliphatic heterocycles. The van der Waals surface area contributed by atoms with E-state index >= 15 is 0 Å². The number of nitrogens with zero attached hydrogens (tertiary/aromatic N) is 2. The van der Waals surface area contributed by atoms with Crippen molar-refractivity contribution in [2.24, 2.45) is 5.41 Å². The molecule has 1 aromatic carbocycles. The van der Waals surface area contributed by atoms with Gasteiger partial charge in [-0.2, -0.15) is 0 Å². The molecule has 0 saturated carbocycles. The Kier molecular flexibility index (Phi) is 6.98. The van der Waals surface area contributed by atoms with E-state index in [2.05, 4.69) is 0 Å². The number of esters is 1. The minimum atomic E-state index is -1.73. The summed E-state index contributed by atoms with van der Waals surface area (Å²) >= 11 is 18.1. The molecule has 8 nitrogen and oxygen atoms in total. The summed E-state index contributed by atoms with van der Waals surface area (Å²) in [5, 5.41) is 10.2. The highest BCUT2D eigenvalue weighted by Gasteiger charge is 2.58. The molecular formula is C18H19Cl3N2O6S. The van der Waals surface area contributed by atoms with Crippen LogP contribution in [0.3, 0.4) is 0 Å². The Morgan fingerprint density at radius 1 is 1.33 bits per heavy atom. The molecule has 2 aliphatic rings. The summed E-state index contributed by atoms with van der Waals surface area (Å²) in [5.41, 5.74) is -1.00. The SMILES string of the molecule is CC1(C(=O)OCC(Cl)(Cl)Cl)CS[C@@H]2C(N(O)C(=O)COc3ccccc3)C(=O)N2C1. The predicted molar refractivity (Wildman–Crippen MR) is 112 cm³/mol. The van der Waals surface area contributed by atoms with Crippen molar-refractivity contribution in [1.82, 2.24) is 9.96 Å². The number of fused-ring (bicyclic) bond motifs is 1. The molecule has 1 aromatic rings. The van der Waals surface area contributed by atoms with Gasteiger partial charge in [0.25, 0.3) is 11.8 Å². The van der Waals surface area contributed by atoms with Gasteiger partial charge in [-0.05, 0) is 19.1 Å². The Hall–Kier alpha value is -1.39. The average molecular weight is 498 g/mol. The van der Waals surface area contributed by atoms with Crippen LogP contribution in [0.1, 0.15) is 6.92 Å². The largest absolute Gasteiger partial charge is 0.484 e. The van der Waals surface area contributed by atoms with Crippen LogP contribution in [0.5, 0.6) is 5.75 Å². The lowest BCUT2D eigenvalue weighted by atomic mass is 9.89. The second kappa shape index (κ2) is 9.00. The third-order valence-corrected chi connectivity index (χ3v) is 6.67. The lowest BCUT2D eigenvalue weighted by Crippen LogP contribution is -2.73. The van der Waals surface area contributed by atoms with Crippen LogP contribution < -0.4 is 4.74 Å². The van der Waals surface area contributed by atoms with Gasteiger partial charge in [0.1, 0.15) is 17.7 Å². The van der Waals surface area contributed by atoms with Gasteiger partial charge in [-0.15, -0.1) is 11.8 Å². The number of benzene rings is 1. The van der Waals surface area contributed by atoms with Gasteiger partial charge in [0, 0.05) is 12.3 Å². The zero-order valence-electron chi connectivity index (χ0n) is 15.8. The number of alkyl halides is 3. The van der Waals surface area contributed by atoms with Gasteiger partial charge in [0.15, 0.2) is 12.6 Å². The second-order valence-corrected chi connectivity index (χ2v) is 10.8. The van der Waals surface area contributed by atoms with Crippen LogP contribution in [0, 0.1) is 5.41 Å². The second-order valence-electron chi connectivity index (χ2n) is 7.20. The minimum absolute atomic E-state index is 0.0707. The first kappa shape index (κ1) is 23.3. The van der Waals surface area contributed by atoms with Crippen LogP contribution in [0.4, 0.5) is 0 Å². The van der Waals surface area contributed by atoms with E-state index in [0.29, 0.717) is 16.6 Å². The fraction of sp³-hybridized carbons (Fsp3) is 0.500. The molecule has 2 amide bonds. The summed E-state index contributed by atoms with van der Waals surface area (Å²) in [6.07, 6.45) is 0. The van der Waals surface area contributed by atoms with Gasteiger partial charge in [-0.25, -0.2) is 5.06 Å². The van der Waals surface area contributed by atoms with Crippen LogP contribution in [-0.2, 0) is 19.1 Å². The number of halogens is 3. The predicted octanol–water partition coefficient (Wildman–Crippen LogP) is 2.49. The molecule has 164 valence electrons. The van der Waals surface area contributed by atoms with E-state index in [4.69, 9.17) is 44.3 Å². The number of thioether (sulfide) groups is 1. The molecule has 12 heteroatoms. The Balaban J connectivity index is 1.55. The molecule has 0 spiro atoms. The molecular weight excluding hydrogens is 479 g/mol. The number of carbonyl (C=O) groups is 3. The first-order chi connectivity index (χ1) is 14.0. The van der Waals surface area contributed by atoms with Gasteiger partial charge < -0.3 is 14.4 Å². The number of amides is 2. The zero-order chi connectivity index (χ0) is 22.1. The van der Waals surface area contributed by atoms with Gasteiger partial charge in [0.05, 0.1) is 5.41 Å². The molecule has 2 unspecified atom stereocenters. The quantitative estimate of drug-likeness (QED) is 0.212. The van der Waals surface area contributed by atoms with E-state index in [1.165, 1.54) is 16.7 Å². The molecule has 2 saturated heterocycles. The number of ether oxygens (including phenoxy) is 2.